The van der Waals surface area contributed by atoms with Gasteiger partial charge in [-0.25, -0.2) is 0 Å². The number of halogens is 2. The molecule has 3 N–H and O–H groups in total. The normalized spacial score (nSPS) is 12.2. The second-order valence-electron chi connectivity index (χ2n) is 3.05. The molecule has 15 heavy (non-hydrogen) atoms. The number of hydrogen-bond acceptors (Lipinski definition) is 2. The van der Waals surface area contributed by atoms with Crippen LogP contribution in [0, 0.1) is 5.41 Å². The van der Waals surface area contributed by atoms with E-state index in [2.05, 4.69) is 0 Å². The monoisotopic (exact) mass is 246 g/mol. The largest absolute Gasteiger partial charge is 0.483 e. The van der Waals surface area contributed by atoms with Crippen LogP contribution in [0.25, 0.3) is 0 Å². The molecule has 1 aromatic carbocycles. The first kappa shape index (κ1) is 12.1. The highest BCUT2D eigenvalue weighted by molar-refractivity contribution is 6.42. The highest BCUT2D eigenvalue weighted by Gasteiger charge is 2.11. The van der Waals surface area contributed by atoms with Crippen molar-refractivity contribution in [1.29, 1.82) is 5.41 Å². The Morgan fingerprint density at radius 3 is 2.60 bits per heavy atom. The van der Waals surface area contributed by atoms with Gasteiger partial charge < -0.3 is 10.5 Å². The maximum absolute atomic E-state index is 7.29. The number of ether oxygens (including phenoxy) is 1. The van der Waals surface area contributed by atoms with Gasteiger partial charge in [0, 0.05) is 6.07 Å². The van der Waals surface area contributed by atoms with Gasteiger partial charge in [-0.2, -0.15) is 0 Å². The summed E-state index contributed by atoms with van der Waals surface area (Å²) in [5.74, 6) is 0.565. The molecule has 1 rings (SSSR count). The first-order chi connectivity index (χ1) is 7.04. The minimum Gasteiger partial charge on any atom is -0.483 e. The maximum atomic E-state index is 7.29. The fourth-order valence-corrected chi connectivity index (χ4v) is 1.37. The van der Waals surface area contributed by atoms with Crippen molar-refractivity contribution in [3.63, 3.8) is 0 Å². The highest BCUT2D eigenvalue weighted by atomic mass is 35.5. The molecule has 3 nitrogen and oxygen atoms in total. The Kier molecular flexibility index (Phi) is 4.24. The topological polar surface area (TPSA) is 59.1 Å². The minimum atomic E-state index is -0.415. The summed E-state index contributed by atoms with van der Waals surface area (Å²) in [6.45, 7) is 1.89. The Labute approximate surface area is 98.6 Å². The summed E-state index contributed by atoms with van der Waals surface area (Å²) >= 11 is 11.6. The van der Waals surface area contributed by atoms with E-state index in [1.54, 1.807) is 18.2 Å². The third-order valence-electron chi connectivity index (χ3n) is 1.89. The smallest absolute Gasteiger partial charge is 0.155 e. The molecular weight excluding hydrogens is 235 g/mol. The molecule has 0 saturated carbocycles. The average molecular weight is 247 g/mol. The predicted molar refractivity (Wildman–Crippen MR) is 63.1 cm³/mol. The molecule has 0 aliphatic heterocycles. The van der Waals surface area contributed by atoms with Crippen LogP contribution in [0.4, 0.5) is 0 Å². The minimum absolute atomic E-state index is 0.00331. The molecule has 0 radical (unpaired) electrons. The molecule has 0 aliphatic rings. The molecule has 82 valence electrons. The van der Waals surface area contributed by atoms with Gasteiger partial charge in [0.15, 0.2) is 6.10 Å². The molecule has 0 spiro atoms. The fraction of sp³-hybridized carbons (Fsp3) is 0.300. The molecule has 0 saturated heterocycles. The van der Waals surface area contributed by atoms with E-state index in [0.29, 0.717) is 22.2 Å². The van der Waals surface area contributed by atoms with Crippen LogP contribution >= 0.6 is 23.2 Å². The lowest BCUT2D eigenvalue weighted by atomic mass is 10.2. The number of amidine groups is 1. The molecule has 1 aromatic rings. The van der Waals surface area contributed by atoms with Crippen LogP contribution in [0.5, 0.6) is 5.75 Å². The van der Waals surface area contributed by atoms with Crippen molar-refractivity contribution in [2.75, 3.05) is 0 Å². The van der Waals surface area contributed by atoms with E-state index in [9.17, 15) is 0 Å². The second kappa shape index (κ2) is 5.24. The number of nitrogens with two attached hydrogens (primary N) is 1. The van der Waals surface area contributed by atoms with Crippen LogP contribution in [-0.2, 0) is 0 Å². The molecule has 1 atom stereocenters. The van der Waals surface area contributed by atoms with Crippen LogP contribution < -0.4 is 10.5 Å². The van der Waals surface area contributed by atoms with Gasteiger partial charge in [-0.05, 0) is 18.6 Å². The lowest BCUT2D eigenvalue weighted by Gasteiger charge is -2.16. The van der Waals surface area contributed by atoms with Crippen LogP contribution in [0.2, 0.25) is 10.0 Å². The zero-order valence-corrected chi connectivity index (χ0v) is 9.77. The van der Waals surface area contributed by atoms with Gasteiger partial charge in [0.25, 0.3) is 0 Å². The average Bonchev–Trinajstić information content (AvgIpc) is 2.19. The van der Waals surface area contributed by atoms with Crippen molar-refractivity contribution >= 4 is 29.0 Å². The number of benzene rings is 1. The lowest BCUT2D eigenvalue weighted by Crippen LogP contribution is -2.32. The summed E-state index contributed by atoms with van der Waals surface area (Å²) in [5.41, 5.74) is 5.36. The van der Waals surface area contributed by atoms with Gasteiger partial charge in [0.1, 0.15) is 11.6 Å². The maximum Gasteiger partial charge on any atom is 0.155 e. The lowest BCUT2D eigenvalue weighted by molar-refractivity contribution is 0.260. The van der Waals surface area contributed by atoms with Crippen molar-refractivity contribution in [3.05, 3.63) is 28.2 Å². The Morgan fingerprint density at radius 2 is 2.13 bits per heavy atom. The van der Waals surface area contributed by atoms with E-state index in [0.717, 1.165) is 0 Å². The SMILES string of the molecule is CCC(Oc1ccc(Cl)c(Cl)c1)C(=N)N. The Balaban J connectivity index is 2.80. The zero-order valence-electron chi connectivity index (χ0n) is 8.26. The zero-order chi connectivity index (χ0) is 11.4. The molecular formula is C10H12Cl2N2O. The van der Waals surface area contributed by atoms with Crippen molar-refractivity contribution in [2.24, 2.45) is 5.73 Å². The van der Waals surface area contributed by atoms with Gasteiger partial charge in [-0.1, -0.05) is 30.1 Å². The predicted octanol–water partition coefficient (Wildman–Crippen LogP) is 3.09. The standard InChI is InChI=1S/C10H12Cl2N2O/c1-2-9(10(13)14)15-6-3-4-7(11)8(12)5-6/h3-5,9H,2H2,1H3,(H3,13,14). The van der Waals surface area contributed by atoms with Gasteiger partial charge in [0.05, 0.1) is 10.0 Å². The third kappa shape index (κ3) is 3.29. The molecule has 0 amide bonds. The molecule has 0 aromatic heterocycles. The summed E-state index contributed by atoms with van der Waals surface area (Å²) in [7, 11) is 0. The van der Waals surface area contributed by atoms with Crippen molar-refractivity contribution in [2.45, 2.75) is 19.4 Å². The van der Waals surface area contributed by atoms with Crippen molar-refractivity contribution < 1.29 is 4.74 Å². The molecule has 0 heterocycles. The van der Waals surface area contributed by atoms with Crippen LogP contribution in [0.1, 0.15) is 13.3 Å². The van der Waals surface area contributed by atoms with Gasteiger partial charge in [-0.15, -0.1) is 0 Å². The summed E-state index contributed by atoms with van der Waals surface area (Å²) in [4.78, 5) is 0. The number of rotatable bonds is 4. The summed E-state index contributed by atoms with van der Waals surface area (Å²) < 4.78 is 5.47. The Morgan fingerprint density at radius 1 is 1.47 bits per heavy atom. The van der Waals surface area contributed by atoms with E-state index in [1.165, 1.54) is 0 Å². The molecule has 0 bridgehead atoms. The van der Waals surface area contributed by atoms with Crippen molar-refractivity contribution in [3.8, 4) is 5.75 Å². The third-order valence-corrected chi connectivity index (χ3v) is 2.63. The van der Waals surface area contributed by atoms with Crippen LogP contribution in [-0.4, -0.2) is 11.9 Å². The first-order valence-electron chi connectivity index (χ1n) is 4.50. The van der Waals surface area contributed by atoms with Crippen LogP contribution in [0.3, 0.4) is 0 Å². The molecule has 0 fully saturated rings. The second-order valence-corrected chi connectivity index (χ2v) is 3.86. The molecule has 1 unspecified atom stereocenters. The van der Waals surface area contributed by atoms with E-state index >= 15 is 0 Å². The summed E-state index contributed by atoms with van der Waals surface area (Å²) in [6.07, 6.45) is 0.220. The van der Waals surface area contributed by atoms with E-state index in [1.807, 2.05) is 6.92 Å². The van der Waals surface area contributed by atoms with Gasteiger partial charge >= 0.3 is 0 Å². The Bertz CT molecular complexity index is 368. The first-order valence-corrected chi connectivity index (χ1v) is 5.25. The Hall–Kier alpha value is -0.930. The number of hydrogen-bond donors (Lipinski definition) is 2. The fourth-order valence-electron chi connectivity index (χ4n) is 1.08. The van der Waals surface area contributed by atoms with E-state index in [4.69, 9.17) is 39.1 Å². The van der Waals surface area contributed by atoms with E-state index in [-0.39, 0.29) is 5.84 Å². The molecule has 5 heteroatoms. The quantitative estimate of drug-likeness (QED) is 0.634. The van der Waals surface area contributed by atoms with Crippen molar-refractivity contribution in [1.82, 2.24) is 0 Å². The molecule has 0 aliphatic carbocycles. The van der Waals surface area contributed by atoms with Gasteiger partial charge in [0.2, 0.25) is 0 Å². The van der Waals surface area contributed by atoms with E-state index < -0.39 is 6.10 Å². The van der Waals surface area contributed by atoms with Gasteiger partial charge in [-0.3, -0.25) is 5.41 Å². The van der Waals surface area contributed by atoms with Crippen LogP contribution in [0.15, 0.2) is 18.2 Å². The highest BCUT2D eigenvalue weighted by Crippen LogP contribution is 2.27. The summed E-state index contributed by atoms with van der Waals surface area (Å²) in [6, 6.07) is 4.95. The number of nitrogens with one attached hydrogen (secondary N) is 1. The summed E-state index contributed by atoms with van der Waals surface area (Å²) in [5, 5.41) is 8.19.